The molecule has 4 heterocycles. The fourth-order valence-corrected chi connectivity index (χ4v) is 6.46. The molecule has 2 fully saturated rings. The molecule has 4 N–H and O–H groups in total. The second-order valence-electron chi connectivity index (χ2n) is 8.34. The van der Waals surface area contributed by atoms with Gasteiger partial charge < -0.3 is 30.1 Å². The minimum absolute atomic E-state index is 0.0859. The zero-order valence-electron chi connectivity index (χ0n) is 17.1. The summed E-state index contributed by atoms with van der Waals surface area (Å²) in [6.45, 7) is 4.98. The van der Waals surface area contributed by atoms with Crippen LogP contribution in [0.25, 0.3) is 0 Å². The van der Waals surface area contributed by atoms with E-state index in [1.807, 2.05) is 17.7 Å². The van der Waals surface area contributed by atoms with Crippen LogP contribution in [0.4, 0.5) is 0 Å². The quantitative estimate of drug-likeness (QED) is 0.431. The number of aliphatic carboxylic acids is 1. The molecule has 0 radical (unpaired) electrons. The van der Waals surface area contributed by atoms with E-state index >= 15 is 0 Å². The summed E-state index contributed by atoms with van der Waals surface area (Å²) in [6, 6.07) is 0.0281. The minimum atomic E-state index is -1.08. The number of hydrogen-bond acceptors (Lipinski definition) is 7. The molecular formula is C20H28N4O5S. The number of thioether (sulfide) groups is 1. The van der Waals surface area contributed by atoms with Gasteiger partial charge in [0.15, 0.2) is 0 Å². The van der Waals surface area contributed by atoms with Gasteiger partial charge in [0.2, 0.25) is 5.91 Å². The predicted octanol–water partition coefficient (Wildman–Crippen LogP) is 0.383. The number of aliphatic hydroxyl groups is 2. The summed E-state index contributed by atoms with van der Waals surface area (Å²) in [7, 11) is 0. The summed E-state index contributed by atoms with van der Waals surface area (Å²) in [6.07, 6.45) is 4.54. The van der Waals surface area contributed by atoms with E-state index in [4.69, 9.17) is 0 Å². The summed E-state index contributed by atoms with van der Waals surface area (Å²) in [5.41, 5.74) is 0.0915. The van der Waals surface area contributed by atoms with Crippen LogP contribution in [0.3, 0.4) is 0 Å². The first kappa shape index (κ1) is 21.4. The van der Waals surface area contributed by atoms with Crippen molar-refractivity contribution in [1.82, 2.24) is 19.8 Å². The van der Waals surface area contributed by atoms with E-state index in [0.29, 0.717) is 11.9 Å². The van der Waals surface area contributed by atoms with Gasteiger partial charge in [0.1, 0.15) is 18.1 Å². The second-order valence-corrected chi connectivity index (χ2v) is 9.68. The van der Waals surface area contributed by atoms with Crippen LogP contribution in [-0.4, -0.2) is 71.6 Å². The number of aromatic nitrogens is 2. The molecule has 1 aromatic heterocycles. The summed E-state index contributed by atoms with van der Waals surface area (Å²) in [4.78, 5) is 30.6. The lowest BCUT2D eigenvalue weighted by molar-refractivity contribution is -0.163. The lowest BCUT2D eigenvalue weighted by Crippen LogP contribution is -2.63. The fraction of sp³-hybridized carbons (Fsp3) is 0.650. The van der Waals surface area contributed by atoms with Crippen LogP contribution in [0.15, 0.2) is 23.0 Å². The lowest BCUT2D eigenvalue weighted by Gasteiger charge is -2.46. The summed E-state index contributed by atoms with van der Waals surface area (Å²) in [5.74, 6) is -1.36. The number of amides is 1. The van der Waals surface area contributed by atoms with Gasteiger partial charge in [-0.15, -0.1) is 11.8 Å². The molecule has 1 amide bonds. The Morgan fingerprint density at radius 1 is 1.47 bits per heavy atom. The molecule has 0 unspecified atom stereocenters. The Balaban J connectivity index is 1.40. The molecule has 10 heteroatoms. The highest BCUT2D eigenvalue weighted by molar-refractivity contribution is 8.03. The molecule has 0 saturated carbocycles. The topological polar surface area (TPSA) is 128 Å². The Bertz CT molecular complexity index is 869. The Labute approximate surface area is 179 Å². The van der Waals surface area contributed by atoms with Crippen LogP contribution in [0.5, 0.6) is 0 Å². The highest BCUT2D eigenvalue weighted by atomic mass is 32.2. The van der Waals surface area contributed by atoms with E-state index in [1.54, 1.807) is 24.9 Å². The number of aryl methyl sites for hydroxylation is 1. The van der Waals surface area contributed by atoms with E-state index in [1.165, 1.54) is 4.90 Å². The van der Waals surface area contributed by atoms with Crippen LogP contribution in [0.1, 0.15) is 32.5 Å². The van der Waals surface area contributed by atoms with E-state index in [-0.39, 0.29) is 35.4 Å². The van der Waals surface area contributed by atoms with Crippen LogP contribution >= 0.6 is 11.8 Å². The Morgan fingerprint density at radius 3 is 2.90 bits per heavy atom. The molecule has 1 aromatic rings. The van der Waals surface area contributed by atoms with Crippen LogP contribution in [-0.2, 0) is 22.7 Å². The van der Waals surface area contributed by atoms with Crippen molar-refractivity contribution in [2.75, 3.05) is 6.54 Å². The van der Waals surface area contributed by atoms with E-state index < -0.39 is 18.0 Å². The summed E-state index contributed by atoms with van der Waals surface area (Å²) >= 11 is 1.56. The van der Waals surface area contributed by atoms with Crippen molar-refractivity contribution in [2.24, 2.45) is 11.8 Å². The zero-order chi connectivity index (χ0) is 21.6. The van der Waals surface area contributed by atoms with Gasteiger partial charge in [-0.1, -0.05) is 6.92 Å². The molecule has 0 aliphatic carbocycles. The molecule has 6 atom stereocenters. The molecule has 164 valence electrons. The molecule has 2 saturated heterocycles. The van der Waals surface area contributed by atoms with Crippen molar-refractivity contribution < 1.29 is 24.9 Å². The van der Waals surface area contributed by atoms with Crippen molar-refractivity contribution in [3.05, 3.63) is 28.8 Å². The maximum absolute atomic E-state index is 12.5. The third-order valence-electron chi connectivity index (χ3n) is 6.45. The maximum Gasteiger partial charge on any atom is 0.353 e. The monoisotopic (exact) mass is 436 g/mol. The largest absolute Gasteiger partial charge is 0.477 e. The third kappa shape index (κ3) is 3.55. The van der Waals surface area contributed by atoms with Crippen LogP contribution in [0.2, 0.25) is 0 Å². The van der Waals surface area contributed by atoms with Gasteiger partial charge in [0.25, 0.3) is 0 Å². The average molecular weight is 437 g/mol. The van der Waals surface area contributed by atoms with Gasteiger partial charge in [-0.3, -0.25) is 4.79 Å². The van der Waals surface area contributed by atoms with Gasteiger partial charge in [0, 0.05) is 47.6 Å². The number of rotatable bonds is 8. The Hall–Kier alpha value is -1.88. The first-order chi connectivity index (χ1) is 14.3. The standard InChI is InChI=1S/C20H28N4O5S/c1-10-16-15(11(2)26)19(27)24(16)17(20(28)29)18(10)30-13-7-12(22-8-13)3-5-23-6-4-21-14(23)9-25/h4,6,10-13,15-16,22,25-26H,3,5,7-9H2,1-2H3,(H,28,29)/t10-,11-,12-,13+,15-,16-/m1/s1. The maximum atomic E-state index is 12.5. The number of carboxylic acid groups (broad SMARTS) is 1. The second kappa shape index (κ2) is 8.33. The molecule has 0 aromatic carbocycles. The summed E-state index contributed by atoms with van der Waals surface area (Å²) in [5, 5.41) is 32.8. The fourth-order valence-electron chi connectivity index (χ4n) is 4.94. The number of nitrogens with zero attached hydrogens (tertiary/aromatic N) is 3. The van der Waals surface area contributed by atoms with E-state index in [0.717, 1.165) is 30.8 Å². The van der Waals surface area contributed by atoms with E-state index in [2.05, 4.69) is 10.3 Å². The number of aliphatic hydroxyl groups excluding tert-OH is 2. The molecule has 0 bridgehead atoms. The number of carbonyl (C=O) groups is 2. The van der Waals surface area contributed by atoms with Gasteiger partial charge in [0.05, 0.1) is 18.1 Å². The van der Waals surface area contributed by atoms with Crippen LogP contribution in [0, 0.1) is 11.8 Å². The lowest BCUT2D eigenvalue weighted by atomic mass is 9.79. The average Bonchev–Trinajstić information content (AvgIpc) is 3.38. The number of imidazole rings is 1. The normalized spacial score (nSPS) is 31.8. The Kier molecular flexibility index (Phi) is 5.93. The van der Waals surface area contributed by atoms with Gasteiger partial charge in [-0.2, -0.15) is 0 Å². The highest BCUT2D eigenvalue weighted by Gasteiger charge is 2.60. The van der Waals surface area contributed by atoms with E-state index in [9.17, 15) is 24.9 Å². The predicted molar refractivity (Wildman–Crippen MR) is 110 cm³/mol. The molecule has 3 aliphatic rings. The number of β-lactam (4-membered cyclic amide) rings is 1. The molecule has 4 rings (SSSR count). The number of hydrogen-bond donors (Lipinski definition) is 4. The molecule has 9 nitrogen and oxygen atoms in total. The zero-order valence-corrected chi connectivity index (χ0v) is 17.9. The number of carbonyl (C=O) groups excluding carboxylic acids is 1. The van der Waals surface area contributed by atoms with Crippen molar-refractivity contribution in [2.45, 2.75) is 63.3 Å². The van der Waals surface area contributed by atoms with Gasteiger partial charge >= 0.3 is 5.97 Å². The van der Waals surface area contributed by atoms with Gasteiger partial charge in [-0.05, 0) is 19.8 Å². The molecule has 0 spiro atoms. The number of carboxylic acids is 1. The van der Waals surface area contributed by atoms with Crippen molar-refractivity contribution in [3.8, 4) is 0 Å². The molecule has 3 aliphatic heterocycles. The third-order valence-corrected chi connectivity index (χ3v) is 7.96. The first-order valence-electron chi connectivity index (χ1n) is 10.3. The molecular weight excluding hydrogens is 408 g/mol. The number of nitrogens with one attached hydrogen (secondary N) is 1. The van der Waals surface area contributed by atoms with Gasteiger partial charge in [-0.25, -0.2) is 9.78 Å². The number of fused-ring (bicyclic) bond motifs is 1. The SMILES string of the molecule is C[C@@H](O)[C@H]1C(=O)N2C(C(=O)O)=C(S[C@@H]3CN[C@H](CCn4ccnc4CO)C3)[C@H](C)[C@H]12. The minimum Gasteiger partial charge on any atom is -0.477 e. The van der Waals surface area contributed by atoms with Crippen molar-refractivity contribution in [3.63, 3.8) is 0 Å². The van der Waals surface area contributed by atoms with Crippen LogP contribution < -0.4 is 5.32 Å². The highest BCUT2D eigenvalue weighted by Crippen LogP contribution is 2.51. The van der Waals surface area contributed by atoms with Crippen molar-refractivity contribution in [1.29, 1.82) is 0 Å². The first-order valence-corrected chi connectivity index (χ1v) is 11.2. The van der Waals surface area contributed by atoms with Crippen molar-refractivity contribution >= 4 is 23.6 Å². The summed E-state index contributed by atoms with van der Waals surface area (Å²) < 4.78 is 1.94. The Morgan fingerprint density at radius 2 is 2.23 bits per heavy atom. The molecule has 30 heavy (non-hydrogen) atoms. The smallest absolute Gasteiger partial charge is 0.353 e.